The Morgan fingerprint density at radius 1 is 1.03 bits per heavy atom. The number of primary amides is 1. The van der Waals surface area contributed by atoms with Crippen molar-refractivity contribution in [2.24, 2.45) is 5.73 Å². The van der Waals surface area contributed by atoms with E-state index in [2.05, 4.69) is 15.6 Å². The first-order valence-corrected chi connectivity index (χ1v) is 10.6. The highest BCUT2D eigenvalue weighted by Crippen LogP contribution is 2.38. The summed E-state index contributed by atoms with van der Waals surface area (Å²) in [5, 5.41) is 6.42. The molecule has 0 atom stereocenters. The third-order valence-electron chi connectivity index (χ3n) is 5.55. The van der Waals surface area contributed by atoms with Gasteiger partial charge in [0.05, 0.1) is 23.5 Å². The topological polar surface area (TPSA) is 130 Å². The normalized spacial score (nSPS) is 12.7. The molecule has 5 N–H and O–H groups in total. The van der Waals surface area contributed by atoms with Gasteiger partial charge in [0.2, 0.25) is 0 Å². The van der Waals surface area contributed by atoms with Crippen LogP contribution in [-0.4, -0.2) is 29.4 Å². The molecule has 4 amide bonds. The van der Waals surface area contributed by atoms with Crippen molar-refractivity contribution in [2.75, 3.05) is 22.1 Å². The molecular formula is C25H21N5O4. The van der Waals surface area contributed by atoms with Gasteiger partial charge in [0.15, 0.2) is 6.61 Å². The van der Waals surface area contributed by atoms with Crippen LogP contribution in [0.1, 0.15) is 15.9 Å². The van der Waals surface area contributed by atoms with Crippen molar-refractivity contribution in [1.82, 2.24) is 4.98 Å². The third kappa shape index (κ3) is 4.14. The van der Waals surface area contributed by atoms with Crippen molar-refractivity contribution in [3.8, 4) is 5.75 Å². The average molecular weight is 455 g/mol. The maximum absolute atomic E-state index is 12.7. The van der Waals surface area contributed by atoms with Gasteiger partial charge in [-0.2, -0.15) is 0 Å². The molecule has 9 heteroatoms. The Kier molecular flexibility index (Phi) is 5.35. The Morgan fingerprint density at radius 3 is 2.65 bits per heavy atom. The average Bonchev–Trinajstić information content (AvgIpc) is 3.29. The minimum absolute atomic E-state index is 0.0603. The SMILES string of the molecule is NC(=O)c1cc2c(cc1NC(=O)Nc1ccc3cc[nH]c3c1)OCC(=O)N2Cc1ccccc1. The van der Waals surface area contributed by atoms with Gasteiger partial charge in [-0.15, -0.1) is 0 Å². The summed E-state index contributed by atoms with van der Waals surface area (Å²) < 4.78 is 5.60. The maximum atomic E-state index is 12.7. The fraction of sp³-hybridized carbons (Fsp3) is 0.0800. The molecule has 3 aromatic carbocycles. The summed E-state index contributed by atoms with van der Waals surface area (Å²) in [4.78, 5) is 42.1. The molecule has 2 heterocycles. The predicted octanol–water partition coefficient (Wildman–Crippen LogP) is 3.84. The van der Waals surface area contributed by atoms with Gasteiger partial charge in [-0.1, -0.05) is 36.4 Å². The Bertz CT molecular complexity index is 1410. The van der Waals surface area contributed by atoms with Crippen LogP contribution in [0.3, 0.4) is 0 Å². The number of H-pyrrole nitrogens is 1. The zero-order valence-electron chi connectivity index (χ0n) is 18.0. The molecule has 1 aliphatic rings. The Hall–Kier alpha value is -4.79. The molecule has 9 nitrogen and oxygen atoms in total. The number of benzene rings is 3. The highest BCUT2D eigenvalue weighted by Gasteiger charge is 2.28. The number of anilines is 3. The number of carbonyl (C=O) groups excluding carboxylic acids is 3. The second-order valence-corrected chi connectivity index (χ2v) is 7.84. The number of nitrogens with two attached hydrogens (primary N) is 1. The van der Waals surface area contributed by atoms with E-state index in [1.807, 2.05) is 48.7 Å². The number of ether oxygens (including phenoxy) is 1. The Labute approximate surface area is 194 Å². The van der Waals surface area contributed by atoms with E-state index in [4.69, 9.17) is 10.5 Å². The van der Waals surface area contributed by atoms with Crippen LogP contribution in [0, 0.1) is 0 Å². The number of aromatic nitrogens is 1. The van der Waals surface area contributed by atoms with E-state index in [9.17, 15) is 14.4 Å². The van der Waals surface area contributed by atoms with Crippen molar-refractivity contribution < 1.29 is 19.1 Å². The van der Waals surface area contributed by atoms with E-state index in [1.54, 1.807) is 12.1 Å². The number of hydrogen-bond donors (Lipinski definition) is 4. The minimum atomic E-state index is -0.747. The van der Waals surface area contributed by atoms with Crippen molar-refractivity contribution in [1.29, 1.82) is 0 Å². The number of hydrogen-bond acceptors (Lipinski definition) is 4. The maximum Gasteiger partial charge on any atom is 0.323 e. The second-order valence-electron chi connectivity index (χ2n) is 7.84. The zero-order valence-corrected chi connectivity index (χ0v) is 18.0. The van der Waals surface area contributed by atoms with Gasteiger partial charge < -0.3 is 31.0 Å². The molecule has 1 aliphatic heterocycles. The summed E-state index contributed by atoms with van der Waals surface area (Å²) in [5.41, 5.74) is 8.62. The van der Waals surface area contributed by atoms with Gasteiger partial charge in [-0.25, -0.2) is 4.79 Å². The lowest BCUT2D eigenvalue weighted by Crippen LogP contribution is -2.38. The van der Waals surface area contributed by atoms with Gasteiger partial charge in [0.25, 0.3) is 11.8 Å². The highest BCUT2D eigenvalue weighted by molar-refractivity contribution is 6.09. The molecule has 0 saturated carbocycles. The smallest absolute Gasteiger partial charge is 0.323 e. The molecule has 0 fully saturated rings. The minimum Gasteiger partial charge on any atom is -0.481 e. The quantitative estimate of drug-likeness (QED) is 0.364. The summed E-state index contributed by atoms with van der Waals surface area (Å²) in [5.74, 6) is -0.628. The van der Waals surface area contributed by atoms with Crippen molar-refractivity contribution in [3.63, 3.8) is 0 Å². The number of nitrogens with one attached hydrogen (secondary N) is 3. The molecule has 0 unspecified atom stereocenters. The van der Waals surface area contributed by atoms with Crippen LogP contribution in [0.15, 0.2) is 72.9 Å². The molecule has 0 spiro atoms. The van der Waals surface area contributed by atoms with Crippen LogP contribution >= 0.6 is 0 Å². The van der Waals surface area contributed by atoms with E-state index in [-0.39, 0.29) is 23.8 Å². The van der Waals surface area contributed by atoms with Crippen molar-refractivity contribution in [2.45, 2.75) is 6.54 Å². The van der Waals surface area contributed by atoms with Crippen molar-refractivity contribution >= 4 is 45.8 Å². The summed E-state index contributed by atoms with van der Waals surface area (Å²) in [6, 6.07) is 19.3. The van der Waals surface area contributed by atoms with Gasteiger partial charge in [-0.05, 0) is 35.2 Å². The molecular weight excluding hydrogens is 434 g/mol. The van der Waals surface area contributed by atoms with E-state index in [0.29, 0.717) is 23.7 Å². The summed E-state index contributed by atoms with van der Waals surface area (Å²) in [6.07, 6.45) is 1.81. The molecule has 0 saturated heterocycles. The van der Waals surface area contributed by atoms with E-state index in [1.165, 1.54) is 17.0 Å². The van der Waals surface area contributed by atoms with Gasteiger partial charge in [0.1, 0.15) is 5.75 Å². The largest absolute Gasteiger partial charge is 0.481 e. The van der Waals surface area contributed by atoms with Gasteiger partial charge in [-0.3, -0.25) is 9.59 Å². The first kappa shape index (κ1) is 21.1. The fourth-order valence-corrected chi connectivity index (χ4v) is 3.90. The number of rotatable bonds is 5. The Balaban J connectivity index is 1.42. The van der Waals surface area contributed by atoms with Gasteiger partial charge >= 0.3 is 6.03 Å². The number of amides is 4. The van der Waals surface area contributed by atoms with Crippen LogP contribution < -0.4 is 26.0 Å². The zero-order chi connectivity index (χ0) is 23.7. The lowest BCUT2D eigenvalue weighted by molar-refractivity contribution is -0.121. The molecule has 5 rings (SSSR count). The standard InChI is InChI=1S/C25H21N5O4/c26-24(32)18-11-21-22(34-14-23(31)30(21)13-15-4-2-1-3-5-15)12-20(18)29-25(33)28-17-7-6-16-8-9-27-19(16)10-17/h1-12,27H,13-14H2,(H2,26,32)(H2,28,29,33). The first-order valence-electron chi connectivity index (χ1n) is 10.6. The van der Waals surface area contributed by atoms with Crippen LogP contribution in [0.5, 0.6) is 5.75 Å². The molecule has 0 bridgehead atoms. The van der Waals surface area contributed by atoms with Crippen LogP contribution in [0.2, 0.25) is 0 Å². The number of fused-ring (bicyclic) bond motifs is 2. The summed E-state index contributed by atoms with van der Waals surface area (Å²) >= 11 is 0. The molecule has 34 heavy (non-hydrogen) atoms. The summed E-state index contributed by atoms with van der Waals surface area (Å²) in [7, 11) is 0. The summed E-state index contributed by atoms with van der Waals surface area (Å²) in [6.45, 7) is 0.153. The van der Waals surface area contributed by atoms with Crippen LogP contribution in [-0.2, 0) is 11.3 Å². The Morgan fingerprint density at radius 2 is 1.85 bits per heavy atom. The third-order valence-corrected chi connectivity index (χ3v) is 5.55. The lowest BCUT2D eigenvalue weighted by atomic mass is 10.1. The number of urea groups is 1. The predicted molar refractivity (Wildman–Crippen MR) is 129 cm³/mol. The van der Waals surface area contributed by atoms with E-state index < -0.39 is 11.9 Å². The number of carbonyl (C=O) groups is 3. The molecule has 1 aromatic heterocycles. The fourth-order valence-electron chi connectivity index (χ4n) is 3.90. The van der Waals surface area contributed by atoms with E-state index >= 15 is 0 Å². The van der Waals surface area contributed by atoms with Gasteiger partial charge in [0, 0.05) is 23.5 Å². The molecule has 4 aromatic rings. The molecule has 170 valence electrons. The molecule has 0 aliphatic carbocycles. The highest BCUT2D eigenvalue weighted by atomic mass is 16.5. The van der Waals surface area contributed by atoms with Crippen molar-refractivity contribution in [3.05, 3.63) is 84.1 Å². The molecule has 0 radical (unpaired) electrons. The number of aromatic amines is 1. The monoisotopic (exact) mass is 455 g/mol. The number of nitrogens with zero attached hydrogens (tertiary/aromatic N) is 1. The van der Waals surface area contributed by atoms with Crippen LogP contribution in [0.25, 0.3) is 10.9 Å². The second kappa shape index (κ2) is 8.62. The lowest BCUT2D eigenvalue weighted by Gasteiger charge is -2.30. The first-order chi connectivity index (χ1) is 16.5. The van der Waals surface area contributed by atoms with Crippen LogP contribution in [0.4, 0.5) is 21.9 Å². The van der Waals surface area contributed by atoms with E-state index in [0.717, 1.165) is 16.5 Å².